The molecule has 0 fully saturated rings. The average molecular weight is 585 g/mol. The summed E-state index contributed by atoms with van der Waals surface area (Å²) < 4.78 is 68.9. The molecule has 2 aliphatic heterocycles. The summed E-state index contributed by atoms with van der Waals surface area (Å²) in [5.41, 5.74) is 3.52. The predicted molar refractivity (Wildman–Crippen MR) is 151 cm³/mol. The summed E-state index contributed by atoms with van der Waals surface area (Å²) in [6.45, 7) is 8.30. The highest BCUT2D eigenvalue weighted by molar-refractivity contribution is 7.92. The van der Waals surface area contributed by atoms with Gasteiger partial charge in [0.15, 0.2) is 0 Å². The Morgan fingerprint density at radius 3 is 2.29 bits per heavy atom. The average Bonchev–Trinajstić information content (AvgIpc) is 3.32. The lowest BCUT2D eigenvalue weighted by molar-refractivity contribution is -0.140. The van der Waals surface area contributed by atoms with Gasteiger partial charge in [-0.2, -0.15) is 13.2 Å². The fraction of sp³-hybridized carbons (Fsp3) is 0.355. The maximum atomic E-state index is 14.2. The van der Waals surface area contributed by atoms with Crippen LogP contribution < -0.4 is 4.31 Å². The number of benzene rings is 3. The Labute approximate surface area is 237 Å². The molecule has 0 amide bonds. The standard InChI is InChI=1S/C31H31F3N2O4S/c1-19(2)13-22-15-25(10-11-26(22)27-16-29(37)40-35-27)41(38,39)36-18-30(3,4)17-23-14-21(7-12-28(23)36)20-5-8-24(9-6-20)31(32,33)34/h5-12,14-15,19H,13,16-18H2,1-4H3. The zero-order valence-corrected chi connectivity index (χ0v) is 24.1. The SMILES string of the molecule is CC(C)Cc1cc(S(=O)(=O)N2CC(C)(C)Cc3cc(-c4ccc(C(F)(F)F)cc4)ccc32)ccc1C1=NOC(=O)C1. The third kappa shape index (κ3) is 5.88. The molecule has 5 rings (SSSR count). The summed E-state index contributed by atoms with van der Waals surface area (Å²) in [6.07, 6.45) is -3.19. The number of hydrogen-bond acceptors (Lipinski definition) is 5. The third-order valence-corrected chi connectivity index (χ3v) is 9.06. The van der Waals surface area contributed by atoms with Gasteiger partial charge in [-0.15, -0.1) is 0 Å². The zero-order valence-electron chi connectivity index (χ0n) is 23.2. The quantitative estimate of drug-likeness (QED) is 0.293. The molecule has 0 aromatic heterocycles. The normalized spacial score (nSPS) is 16.9. The van der Waals surface area contributed by atoms with Crippen LogP contribution in [0.2, 0.25) is 0 Å². The highest BCUT2D eigenvalue weighted by Crippen LogP contribution is 2.41. The van der Waals surface area contributed by atoms with Crippen LogP contribution in [0.3, 0.4) is 0 Å². The number of nitrogens with zero attached hydrogens (tertiary/aromatic N) is 2. The van der Waals surface area contributed by atoms with Crippen LogP contribution in [-0.2, 0) is 38.7 Å². The topological polar surface area (TPSA) is 76.0 Å². The minimum atomic E-state index is -4.42. The maximum Gasteiger partial charge on any atom is 0.416 e. The van der Waals surface area contributed by atoms with Crippen LogP contribution in [0.1, 0.15) is 56.4 Å². The minimum Gasteiger partial charge on any atom is -0.318 e. The van der Waals surface area contributed by atoms with Crippen LogP contribution >= 0.6 is 0 Å². The van der Waals surface area contributed by atoms with Gasteiger partial charge >= 0.3 is 12.1 Å². The van der Waals surface area contributed by atoms with Crippen molar-refractivity contribution in [3.05, 3.63) is 82.9 Å². The van der Waals surface area contributed by atoms with Gasteiger partial charge in [-0.1, -0.05) is 57.1 Å². The van der Waals surface area contributed by atoms with E-state index in [4.69, 9.17) is 4.84 Å². The summed E-state index contributed by atoms with van der Waals surface area (Å²) >= 11 is 0. The Morgan fingerprint density at radius 1 is 1.00 bits per heavy atom. The van der Waals surface area contributed by atoms with Gasteiger partial charge in [0.25, 0.3) is 10.0 Å². The van der Waals surface area contributed by atoms with Crippen LogP contribution in [-0.4, -0.2) is 26.6 Å². The summed E-state index contributed by atoms with van der Waals surface area (Å²) in [5, 5.41) is 3.89. The molecule has 3 aromatic rings. The number of oxime groups is 1. The zero-order chi connectivity index (χ0) is 29.7. The van der Waals surface area contributed by atoms with Crippen LogP contribution in [0.4, 0.5) is 18.9 Å². The molecule has 216 valence electrons. The van der Waals surface area contributed by atoms with Gasteiger partial charge in [0.1, 0.15) is 0 Å². The van der Waals surface area contributed by atoms with E-state index in [-0.39, 0.29) is 23.8 Å². The van der Waals surface area contributed by atoms with E-state index in [0.29, 0.717) is 40.9 Å². The van der Waals surface area contributed by atoms with E-state index in [1.807, 2.05) is 33.8 Å². The van der Waals surface area contributed by atoms with E-state index in [0.717, 1.165) is 23.3 Å². The molecule has 3 aromatic carbocycles. The first kappa shape index (κ1) is 28.9. The van der Waals surface area contributed by atoms with E-state index in [1.165, 1.54) is 22.5 Å². The number of fused-ring (bicyclic) bond motifs is 1. The Balaban J connectivity index is 1.54. The largest absolute Gasteiger partial charge is 0.416 e. The molecule has 0 spiro atoms. The summed E-state index contributed by atoms with van der Waals surface area (Å²) in [5.74, 6) is -0.224. The number of hydrogen-bond donors (Lipinski definition) is 0. The number of halogens is 3. The van der Waals surface area contributed by atoms with E-state index in [2.05, 4.69) is 5.16 Å². The second kappa shape index (κ2) is 10.3. The van der Waals surface area contributed by atoms with Crippen LogP contribution in [0.5, 0.6) is 0 Å². The van der Waals surface area contributed by atoms with Crippen molar-refractivity contribution in [1.82, 2.24) is 0 Å². The van der Waals surface area contributed by atoms with Crippen molar-refractivity contribution in [2.45, 2.75) is 58.0 Å². The highest BCUT2D eigenvalue weighted by Gasteiger charge is 2.38. The van der Waals surface area contributed by atoms with Gasteiger partial charge in [0.05, 0.1) is 28.3 Å². The molecule has 0 atom stereocenters. The number of sulfonamides is 1. The molecule has 0 aliphatic carbocycles. The van der Waals surface area contributed by atoms with Crippen molar-refractivity contribution < 1.29 is 31.2 Å². The molecule has 0 radical (unpaired) electrons. The number of anilines is 1. The lowest BCUT2D eigenvalue weighted by Gasteiger charge is -2.40. The second-order valence-electron chi connectivity index (χ2n) is 11.9. The molecular weight excluding hydrogens is 553 g/mol. The van der Waals surface area contributed by atoms with E-state index in [9.17, 15) is 26.4 Å². The molecule has 0 bridgehead atoms. The van der Waals surface area contributed by atoms with E-state index < -0.39 is 33.1 Å². The summed E-state index contributed by atoms with van der Waals surface area (Å²) in [7, 11) is -3.99. The van der Waals surface area contributed by atoms with Crippen molar-refractivity contribution >= 4 is 27.4 Å². The van der Waals surface area contributed by atoms with E-state index >= 15 is 0 Å². The van der Waals surface area contributed by atoms with Gasteiger partial charge in [-0.05, 0) is 82.8 Å². The highest BCUT2D eigenvalue weighted by atomic mass is 32.2. The van der Waals surface area contributed by atoms with Crippen molar-refractivity contribution in [2.24, 2.45) is 16.5 Å². The third-order valence-electron chi connectivity index (χ3n) is 7.31. The monoisotopic (exact) mass is 584 g/mol. The fourth-order valence-electron chi connectivity index (χ4n) is 5.46. The van der Waals surface area contributed by atoms with Gasteiger partial charge in [0.2, 0.25) is 0 Å². The van der Waals surface area contributed by atoms with Crippen molar-refractivity contribution in [3.8, 4) is 11.1 Å². The Morgan fingerprint density at radius 2 is 1.68 bits per heavy atom. The molecule has 10 heteroatoms. The first-order valence-electron chi connectivity index (χ1n) is 13.4. The first-order valence-corrected chi connectivity index (χ1v) is 14.8. The lowest BCUT2D eigenvalue weighted by atomic mass is 9.81. The summed E-state index contributed by atoms with van der Waals surface area (Å²) in [6, 6.07) is 15.2. The van der Waals surface area contributed by atoms with Crippen LogP contribution in [0.25, 0.3) is 11.1 Å². The number of carbonyl (C=O) groups excluding carboxylic acids is 1. The van der Waals surface area contributed by atoms with Gasteiger partial charge in [-0.3, -0.25) is 4.31 Å². The molecule has 0 unspecified atom stereocenters. The second-order valence-corrected chi connectivity index (χ2v) is 13.7. The molecular formula is C31H31F3N2O4S. The maximum absolute atomic E-state index is 14.2. The van der Waals surface area contributed by atoms with E-state index in [1.54, 1.807) is 24.3 Å². The molecule has 6 nitrogen and oxygen atoms in total. The molecule has 41 heavy (non-hydrogen) atoms. The number of rotatable bonds is 6. The molecule has 0 saturated heterocycles. The van der Waals surface area contributed by atoms with Gasteiger partial charge in [0, 0.05) is 12.1 Å². The Kier molecular flexibility index (Phi) is 7.26. The van der Waals surface area contributed by atoms with Crippen molar-refractivity contribution in [1.29, 1.82) is 0 Å². The summed E-state index contributed by atoms with van der Waals surface area (Å²) in [4.78, 5) is 16.6. The minimum absolute atomic E-state index is 0.0339. The molecule has 2 heterocycles. The van der Waals surface area contributed by atoms with Crippen molar-refractivity contribution in [3.63, 3.8) is 0 Å². The van der Waals surface area contributed by atoms with Crippen LogP contribution in [0.15, 0.2) is 70.7 Å². The fourth-order valence-corrected chi connectivity index (χ4v) is 7.20. The van der Waals surface area contributed by atoms with Gasteiger partial charge < -0.3 is 4.84 Å². The van der Waals surface area contributed by atoms with Crippen LogP contribution in [0, 0.1) is 11.3 Å². The number of carbonyl (C=O) groups is 1. The van der Waals surface area contributed by atoms with Crippen molar-refractivity contribution in [2.75, 3.05) is 10.8 Å². The molecule has 0 saturated carbocycles. The smallest absolute Gasteiger partial charge is 0.318 e. The first-order chi connectivity index (χ1) is 19.1. The Hall–Kier alpha value is -3.66. The predicted octanol–water partition coefficient (Wildman–Crippen LogP) is 7.00. The lowest BCUT2D eigenvalue weighted by Crippen LogP contribution is -2.44. The number of alkyl halides is 3. The molecule has 2 aliphatic rings. The van der Waals surface area contributed by atoms with Gasteiger partial charge in [-0.25, -0.2) is 13.2 Å². The molecule has 0 N–H and O–H groups in total. The Bertz CT molecular complexity index is 1640.